The normalized spacial score (nSPS) is 18.4. The Kier molecular flexibility index (Phi) is 4.07. The van der Waals surface area contributed by atoms with Crippen molar-refractivity contribution in [2.75, 3.05) is 31.2 Å². The van der Waals surface area contributed by atoms with Gasteiger partial charge in [-0.15, -0.1) is 0 Å². The Morgan fingerprint density at radius 3 is 2.56 bits per heavy atom. The lowest BCUT2D eigenvalue weighted by atomic mass is 9.92. The lowest BCUT2D eigenvalue weighted by Crippen LogP contribution is -2.42. The van der Waals surface area contributed by atoms with E-state index in [2.05, 4.69) is 4.90 Å². The average molecular weight is 341 g/mol. The summed E-state index contributed by atoms with van der Waals surface area (Å²) in [7, 11) is 0. The quantitative estimate of drug-likeness (QED) is 0.803. The Morgan fingerprint density at radius 2 is 1.96 bits per heavy atom. The fourth-order valence-corrected chi connectivity index (χ4v) is 3.67. The SMILES string of the molecule is CC(=O)c1cc(C)cc2c(=O)n(C3CCC3)c(N3CCOCC3)nc12. The van der Waals surface area contributed by atoms with Crippen LogP contribution < -0.4 is 10.5 Å². The fraction of sp³-hybridized carbons (Fsp3) is 0.526. The van der Waals surface area contributed by atoms with Gasteiger partial charge in [0.15, 0.2) is 5.78 Å². The van der Waals surface area contributed by atoms with Crippen molar-refractivity contribution in [1.29, 1.82) is 0 Å². The molecular formula is C19H23N3O3. The van der Waals surface area contributed by atoms with Gasteiger partial charge in [0, 0.05) is 24.7 Å². The topological polar surface area (TPSA) is 64.4 Å². The minimum absolute atomic E-state index is 0.0256. The molecule has 6 heteroatoms. The van der Waals surface area contributed by atoms with Crippen LogP contribution in [0.2, 0.25) is 0 Å². The number of anilines is 1. The zero-order valence-electron chi connectivity index (χ0n) is 14.7. The van der Waals surface area contributed by atoms with Crippen molar-refractivity contribution in [3.8, 4) is 0 Å². The van der Waals surface area contributed by atoms with Crippen LogP contribution in [0.15, 0.2) is 16.9 Å². The van der Waals surface area contributed by atoms with Gasteiger partial charge in [-0.05, 0) is 50.8 Å². The summed E-state index contributed by atoms with van der Waals surface area (Å²) in [5.74, 6) is 0.631. The number of aryl methyl sites for hydroxylation is 1. The number of benzene rings is 1. The van der Waals surface area contributed by atoms with Gasteiger partial charge in [0.1, 0.15) is 0 Å². The molecule has 25 heavy (non-hydrogen) atoms. The van der Waals surface area contributed by atoms with Crippen molar-refractivity contribution in [2.45, 2.75) is 39.2 Å². The maximum Gasteiger partial charge on any atom is 0.263 e. The third-order valence-electron chi connectivity index (χ3n) is 5.24. The van der Waals surface area contributed by atoms with E-state index in [1.807, 2.05) is 23.6 Å². The van der Waals surface area contributed by atoms with Gasteiger partial charge in [0.2, 0.25) is 5.95 Å². The maximum absolute atomic E-state index is 13.3. The van der Waals surface area contributed by atoms with Gasteiger partial charge < -0.3 is 9.64 Å². The fourth-order valence-electron chi connectivity index (χ4n) is 3.67. The van der Waals surface area contributed by atoms with Crippen LogP contribution in [-0.2, 0) is 4.74 Å². The second kappa shape index (κ2) is 6.26. The van der Waals surface area contributed by atoms with Crippen molar-refractivity contribution in [2.24, 2.45) is 0 Å². The van der Waals surface area contributed by atoms with Crippen molar-refractivity contribution in [1.82, 2.24) is 9.55 Å². The second-order valence-electron chi connectivity index (χ2n) is 7.04. The summed E-state index contributed by atoms with van der Waals surface area (Å²) in [6.45, 7) is 6.13. The Morgan fingerprint density at radius 1 is 1.24 bits per heavy atom. The van der Waals surface area contributed by atoms with Gasteiger partial charge in [-0.25, -0.2) is 4.98 Å². The minimum atomic E-state index is -0.0603. The van der Waals surface area contributed by atoms with Gasteiger partial charge in [0.25, 0.3) is 5.56 Å². The monoisotopic (exact) mass is 341 g/mol. The Balaban J connectivity index is 2.00. The summed E-state index contributed by atoms with van der Waals surface area (Å²) in [5, 5.41) is 0.550. The van der Waals surface area contributed by atoms with E-state index in [0.717, 1.165) is 24.8 Å². The largest absolute Gasteiger partial charge is 0.378 e. The van der Waals surface area contributed by atoms with E-state index in [9.17, 15) is 9.59 Å². The standard InChI is InChI=1S/C19H23N3O3/c1-12-10-15(13(2)23)17-16(11-12)18(24)22(14-4-3-5-14)19(20-17)21-6-8-25-9-7-21/h10-11,14H,3-9H2,1-2H3. The highest BCUT2D eigenvalue weighted by Crippen LogP contribution is 2.34. The molecule has 1 saturated carbocycles. The first-order valence-electron chi connectivity index (χ1n) is 8.97. The summed E-state index contributed by atoms with van der Waals surface area (Å²) in [6.07, 6.45) is 3.16. The summed E-state index contributed by atoms with van der Waals surface area (Å²) in [4.78, 5) is 32.4. The number of rotatable bonds is 3. The highest BCUT2D eigenvalue weighted by atomic mass is 16.5. The molecule has 132 valence electrons. The molecule has 2 fully saturated rings. The van der Waals surface area contributed by atoms with E-state index < -0.39 is 0 Å². The summed E-state index contributed by atoms with van der Waals surface area (Å²) >= 11 is 0. The van der Waals surface area contributed by atoms with Crippen LogP contribution in [0.25, 0.3) is 10.9 Å². The summed E-state index contributed by atoms with van der Waals surface area (Å²) in [6, 6.07) is 3.90. The van der Waals surface area contributed by atoms with E-state index >= 15 is 0 Å². The van der Waals surface area contributed by atoms with Gasteiger partial charge in [-0.3, -0.25) is 14.2 Å². The molecule has 2 heterocycles. The first-order valence-corrected chi connectivity index (χ1v) is 8.97. The van der Waals surface area contributed by atoms with E-state index in [-0.39, 0.29) is 17.4 Å². The molecule has 6 nitrogen and oxygen atoms in total. The highest BCUT2D eigenvalue weighted by Gasteiger charge is 2.28. The second-order valence-corrected chi connectivity index (χ2v) is 7.04. The third-order valence-corrected chi connectivity index (χ3v) is 5.24. The van der Waals surface area contributed by atoms with E-state index in [0.29, 0.717) is 48.7 Å². The van der Waals surface area contributed by atoms with Crippen LogP contribution in [0.4, 0.5) is 5.95 Å². The number of fused-ring (bicyclic) bond motifs is 1. The zero-order chi connectivity index (χ0) is 17.6. The van der Waals surface area contributed by atoms with Crippen molar-refractivity contribution in [3.63, 3.8) is 0 Å². The van der Waals surface area contributed by atoms with E-state index in [1.54, 1.807) is 0 Å². The lowest BCUT2D eigenvalue weighted by molar-refractivity contribution is 0.101. The number of ether oxygens (including phenoxy) is 1. The molecule has 1 aromatic heterocycles. The van der Waals surface area contributed by atoms with Crippen LogP contribution in [0, 0.1) is 6.92 Å². The first kappa shape index (κ1) is 16.3. The summed E-state index contributed by atoms with van der Waals surface area (Å²) in [5.41, 5.74) is 1.95. The smallest absolute Gasteiger partial charge is 0.263 e. The molecule has 0 unspecified atom stereocenters. The number of Topliss-reactive ketones (excluding diaryl/α,β-unsaturated/α-hetero) is 1. The van der Waals surface area contributed by atoms with Crippen LogP contribution in [-0.4, -0.2) is 41.6 Å². The molecule has 0 bridgehead atoms. The number of hydrogen-bond acceptors (Lipinski definition) is 5. The molecule has 0 spiro atoms. The molecule has 4 rings (SSSR count). The number of carbonyl (C=O) groups is 1. The van der Waals surface area contributed by atoms with Gasteiger partial charge in [-0.1, -0.05) is 0 Å². The number of carbonyl (C=O) groups excluding carboxylic acids is 1. The van der Waals surface area contributed by atoms with Gasteiger partial charge in [0.05, 0.1) is 24.1 Å². The molecule has 1 saturated heterocycles. The number of hydrogen-bond donors (Lipinski definition) is 0. The molecule has 1 aromatic carbocycles. The van der Waals surface area contributed by atoms with Crippen LogP contribution in [0.3, 0.4) is 0 Å². The predicted octanol–water partition coefficient (Wildman–Crippen LogP) is 2.47. The van der Waals surface area contributed by atoms with E-state index in [1.165, 1.54) is 6.92 Å². The number of morpholine rings is 1. The zero-order valence-corrected chi connectivity index (χ0v) is 14.7. The molecule has 1 aliphatic carbocycles. The molecule has 0 amide bonds. The maximum atomic E-state index is 13.3. The molecular weight excluding hydrogens is 318 g/mol. The number of aromatic nitrogens is 2. The number of ketones is 1. The first-order chi connectivity index (χ1) is 12.1. The van der Waals surface area contributed by atoms with Crippen LogP contribution in [0.1, 0.15) is 48.1 Å². The Bertz CT molecular complexity index is 893. The lowest BCUT2D eigenvalue weighted by Gasteiger charge is -2.35. The van der Waals surface area contributed by atoms with Crippen molar-refractivity contribution >= 4 is 22.6 Å². The Hall–Kier alpha value is -2.21. The summed E-state index contributed by atoms with van der Waals surface area (Å²) < 4.78 is 7.31. The van der Waals surface area contributed by atoms with Crippen LogP contribution >= 0.6 is 0 Å². The third kappa shape index (κ3) is 2.74. The number of nitrogens with zero attached hydrogens (tertiary/aromatic N) is 3. The Labute approximate surface area is 146 Å². The van der Waals surface area contributed by atoms with Gasteiger partial charge in [-0.2, -0.15) is 0 Å². The average Bonchev–Trinajstić information content (AvgIpc) is 2.56. The van der Waals surface area contributed by atoms with Crippen molar-refractivity contribution < 1.29 is 9.53 Å². The molecule has 0 atom stereocenters. The molecule has 0 radical (unpaired) electrons. The van der Waals surface area contributed by atoms with Crippen LogP contribution in [0.5, 0.6) is 0 Å². The van der Waals surface area contributed by atoms with Crippen molar-refractivity contribution in [3.05, 3.63) is 33.6 Å². The molecule has 1 aliphatic heterocycles. The highest BCUT2D eigenvalue weighted by molar-refractivity contribution is 6.05. The van der Waals surface area contributed by atoms with Gasteiger partial charge >= 0.3 is 0 Å². The molecule has 0 N–H and O–H groups in total. The van der Waals surface area contributed by atoms with E-state index in [4.69, 9.17) is 9.72 Å². The minimum Gasteiger partial charge on any atom is -0.378 e. The molecule has 2 aliphatic rings. The molecule has 2 aromatic rings. The predicted molar refractivity (Wildman–Crippen MR) is 96.7 cm³/mol.